The molecule has 1 atom stereocenters. The van der Waals surface area contributed by atoms with E-state index in [0.29, 0.717) is 6.04 Å². The largest absolute Gasteiger partial charge is 0.314 e. The van der Waals surface area contributed by atoms with Gasteiger partial charge in [-0.05, 0) is 18.9 Å². The zero-order valence-electron chi connectivity index (χ0n) is 13.3. The average molecular weight is 333 g/mol. The SMILES string of the molecule is CCCCC[C@@H](c1ccc(C)cc1)N1CCNCC1.Cl.Cl. The topological polar surface area (TPSA) is 15.3 Å². The molecule has 122 valence electrons. The van der Waals surface area contributed by atoms with Crippen LogP contribution in [0.2, 0.25) is 0 Å². The molecule has 0 aromatic heterocycles. The molecule has 1 fully saturated rings. The van der Waals surface area contributed by atoms with Crippen LogP contribution in [0.15, 0.2) is 24.3 Å². The minimum atomic E-state index is 0. The van der Waals surface area contributed by atoms with Gasteiger partial charge in [-0.15, -0.1) is 24.8 Å². The van der Waals surface area contributed by atoms with Gasteiger partial charge in [0.05, 0.1) is 0 Å². The maximum absolute atomic E-state index is 3.46. The van der Waals surface area contributed by atoms with Crippen LogP contribution in [0.3, 0.4) is 0 Å². The molecule has 1 aromatic rings. The highest BCUT2D eigenvalue weighted by Gasteiger charge is 2.21. The average Bonchev–Trinajstić information content (AvgIpc) is 2.46. The maximum atomic E-state index is 3.46. The Hall–Kier alpha value is -0.280. The van der Waals surface area contributed by atoms with E-state index in [1.165, 1.54) is 49.9 Å². The third kappa shape index (κ3) is 6.56. The number of nitrogens with one attached hydrogen (secondary N) is 1. The summed E-state index contributed by atoms with van der Waals surface area (Å²) in [6, 6.07) is 9.78. The van der Waals surface area contributed by atoms with E-state index in [9.17, 15) is 0 Å². The van der Waals surface area contributed by atoms with Crippen molar-refractivity contribution in [1.82, 2.24) is 10.2 Å². The second-order valence-electron chi connectivity index (χ2n) is 5.71. The number of rotatable bonds is 6. The van der Waals surface area contributed by atoms with E-state index in [1.807, 2.05) is 0 Å². The first-order valence-electron chi connectivity index (χ1n) is 7.82. The summed E-state index contributed by atoms with van der Waals surface area (Å²) in [7, 11) is 0. The van der Waals surface area contributed by atoms with Gasteiger partial charge in [0.2, 0.25) is 0 Å². The molecule has 0 saturated carbocycles. The highest BCUT2D eigenvalue weighted by Crippen LogP contribution is 2.27. The first-order chi connectivity index (χ1) is 9.31. The Balaban J connectivity index is 0.00000200. The molecule has 0 bridgehead atoms. The van der Waals surface area contributed by atoms with Gasteiger partial charge in [-0.2, -0.15) is 0 Å². The fraction of sp³-hybridized carbons (Fsp3) is 0.647. The van der Waals surface area contributed by atoms with Gasteiger partial charge in [0, 0.05) is 32.2 Å². The first kappa shape index (κ1) is 20.7. The molecule has 1 aliphatic heterocycles. The van der Waals surface area contributed by atoms with Crippen LogP contribution in [0.5, 0.6) is 0 Å². The standard InChI is InChI=1S/C17H28N2.2ClH/c1-3-4-5-6-17(19-13-11-18-12-14-19)16-9-7-15(2)8-10-16;;/h7-10,17-18H,3-6,11-14H2,1-2H3;2*1H/t17-;;/m0../s1. The van der Waals surface area contributed by atoms with E-state index >= 15 is 0 Å². The number of hydrogen-bond donors (Lipinski definition) is 1. The summed E-state index contributed by atoms with van der Waals surface area (Å²) in [5.41, 5.74) is 2.86. The monoisotopic (exact) mass is 332 g/mol. The van der Waals surface area contributed by atoms with Crippen molar-refractivity contribution in [2.24, 2.45) is 0 Å². The number of aryl methyl sites for hydroxylation is 1. The summed E-state index contributed by atoms with van der Waals surface area (Å²) in [5, 5.41) is 3.46. The van der Waals surface area contributed by atoms with Gasteiger partial charge in [0.1, 0.15) is 0 Å². The third-order valence-corrected chi connectivity index (χ3v) is 4.14. The van der Waals surface area contributed by atoms with Crippen LogP contribution >= 0.6 is 24.8 Å². The number of nitrogens with zero attached hydrogens (tertiary/aromatic N) is 1. The molecule has 1 aliphatic rings. The minimum Gasteiger partial charge on any atom is -0.314 e. The number of benzene rings is 1. The predicted octanol–water partition coefficient (Wildman–Crippen LogP) is 4.37. The Morgan fingerprint density at radius 2 is 1.67 bits per heavy atom. The molecule has 1 N–H and O–H groups in total. The Morgan fingerprint density at radius 1 is 1.05 bits per heavy atom. The number of unbranched alkanes of at least 4 members (excludes halogenated alkanes) is 2. The lowest BCUT2D eigenvalue weighted by Gasteiger charge is -2.35. The van der Waals surface area contributed by atoms with E-state index in [2.05, 4.69) is 48.3 Å². The fourth-order valence-corrected chi connectivity index (χ4v) is 2.93. The lowest BCUT2D eigenvalue weighted by atomic mass is 9.97. The van der Waals surface area contributed by atoms with E-state index in [-0.39, 0.29) is 24.8 Å². The van der Waals surface area contributed by atoms with Crippen molar-refractivity contribution < 1.29 is 0 Å². The minimum absolute atomic E-state index is 0. The van der Waals surface area contributed by atoms with Gasteiger partial charge in [-0.1, -0.05) is 56.0 Å². The molecule has 0 amide bonds. The lowest BCUT2D eigenvalue weighted by Crippen LogP contribution is -2.45. The van der Waals surface area contributed by atoms with E-state index < -0.39 is 0 Å². The van der Waals surface area contributed by atoms with Crippen LogP contribution in [-0.4, -0.2) is 31.1 Å². The second kappa shape index (κ2) is 11.3. The van der Waals surface area contributed by atoms with Crippen LogP contribution < -0.4 is 5.32 Å². The molecule has 1 saturated heterocycles. The summed E-state index contributed by atoms with van der Waals surface area (Å²) in [5.74, 6) is 0. The van der Waals surface area contributed by atoms with Gasteiger partial charge >= 0.3 is 0 Å². The van der Waals surface area contributed by atoms with E-state index in [0.717, 1.165) is 13.1 Å². The second-order valence-corrected chi connectivity index (χ2v) is 5.71. The normalized spacial score (nSPS) is 16.7. The zero-order chi connectivity index (χ0) is 13.5. The summed E-state index contributed by atoms with van der Waals surface area (Å²) >= 11 is 0. The molecule has 2 rings (SSSR count). The highest BCUT2D eigenvalue weighted by atomic mass is 35.5. The molecule has 4 heteroatoms. The maximum Gasteiger partial charge on any atom is 0.0349 e. The molecule has 0 unspecified atom stereocenters. The van der Waals surface area contributed by atoms with Crippen molar-refractivity contribution >= 4 is 24.8 Å². The first-order valence-corrected chi connectivity index (χ1v) is 7.82. The van der Waals surface area contributed by atoms with Crippen LogP contribution in [0.1, 0.15) is 49.8 Å². The van der Waals surface area contributed by atoms with Crippen molar-refractivity contribution in [3.05, 3.63) is 35.4 Å². The predicted molar refractivity (Wildman–Crippen MR) is 97.0 cm³/mol. The van der Waals surface area contributed by atoms with E-state index in [1.54, 1.807) is 0 Å². The Labute approximate surface area is 142 Å². The Bertz CT molecular complexity index is 362. The van der Waals surface area contributed by atoms with Gasteiger partial charge < -0.3 is 5.32 Å². The summed E-state index contributed by atoms with van der Waals surface area (Å²) in [6.45, 7) is 9.09. The van der Waals surface area contributed by atoms with Crippen molar-refractivity contribution in [2.45, 2.75) is 45.6 Å². The van der Waals surface area contributed by atoms with Gasteiger partial charge in [-0.3, -0.25) is 4.90 Å². The molecular weight excluding hydrogens is 303 g/mol. The molecule has 0 spiro atoms. The van der Waals surface area contributed by atoms with Crippen molar-refractivity contribution in [2.75, 3.05) is 26.2 Å². The molecule has 2 nitrogen and oxygen atoms in total. The number of halogens is 2. The molecule has 1 heterocycles. The lowest BCUT2D eigenvalue weighted by molar-refractivity contribution is 0.162. The molecule has 0 radical (unpaired) electrons. The Morgan fingerprint density at radius 3 is 2.24 bits per heavy atom. The van der Waals surface area contributed by atoms with Crippen LogP contribution in [0.25, 0.3) is 0 Å². The van der Waals surface area contributed by atoms with Crippen molar-refractivity contribution in [1.29, 1.82) is 0 Å². The van der Waals surface area contributed by atoms with Crippen molar-refractivity contribution in [3.63, 3.8) is 0 Å². The number of piperazine rings is 1. The molecule has 0 aliphatic carbocycles. The van der Waals surface area contributed by atoms with Crippen LogP contribution in [0, 0.1) is 6.92 Å². The Kier molecular flexibility index (Phi) is 11.2. The van der Waals surface area contributed by atoms with Crippen molar-refractivity contribution in [3.8, 4) is 0 Å². The van der Waals surface area contributed by atoms with Crippen LogP contribution in [-0.2, 0) is 0 Å². The van der Waals surface area contributed by atoms with Gasteiger partial charge in [0.15, 0.2) is 0 Å². The summed E-state index contributed by atoms with van der Waals surface area (Å²) in [6.07, 6.45) is 5.31. The summed E-state index contributed by atoms with van der Waals surface area (Å²) < 4.78 is 0. The fourth-order valence-electron chi connectivity index (χ4n) is 2.93. The summed E-state index contributed by atoms with van der Waals surface area (Å²) in [4.78, 5) is 2.66. The van der Waals surface area contributed by atoms with E-state index in [4.69, 9.17) is 0 Å². The smallest absolute Gasteiger partial charge is 0.0349 e. The number of hydrogen-bond acceptors (Lipinski definition) is 2. The van der Waals surface area contributed by atoms with Gasteiger partial charge in [0.25, 0.3) is 0 Å². The molecule has 21 heavy (non-hydrogen) atoms. The molecule has 1 aromatic carbocycles. The zero-order valence-corrected chi connectivity index (χ0v) is 14.9. The molecular formula is C17H30Cl2N2. The quantitative estimate of drug-likeness (QED) is 0.778. The highest BCUT2D eigenvalue weighted by molar-refractivity contribution is 5.85. The third-order valence-electron chi connectivity index (χ3n) is 4.14. The van der Waals surface area contributed by atoms with Gasteiger partial charge in [-0.25, -0.2) is 0 Å². The van der Waals surface area contributed by atoms with Crippen LogP contribution in [0.4, 0.5) is 0 Å².